The maximum atomic E-state index is 5.73. The molecule has 4 nitrogen and oxygen atoms in total. The third kappa shape index (κ3) is 2.58. The van der Waals surface area contributed by atoms with E-state index in [0.717, 1.165) is 37.5 Å². The monoisotopic (exact) mass is 273 g/mol. The van der Waals surface area contributed by atoms with Crippen LogP contribution in [-0.2, 0) is 18.3 Å². The molecule has 0 saturated carbocycles. The van der Waals surface area contributed by atoms with Crippen molar-refractivity contribution in [3.8, 4) is 0 Å². The Morgan fingerprint density at radius 2 is 2.25 bits per heavy atom. The molecule has 1 saturated heterocycles. The van der Waals surface area contributed by atoms with Crippen molar-refractivity contribution in [2.75, 3.05) is 13.2 Å². The van der Waals surface area contributed by atoms with Crippen LogP contribution in [0.15, 0.2) is 24.3 Å². The number of hydrogen-bond acceptors (Lipinski definition) is 3. The van der Waals surface area contributed by atoms with Gasteiger partial charge in [-0.15, -0.1) is 0 Å². The van der Waals surface area contributed by atoms with Crippen molar-refractivity contribution in [3.05, 3.63) is 30.1 Å². The molecule has 2 heterocycles. The van der Waals surface area contributed by atoms with E-state index in [1.807, 2.05) is 6.07 Å². The number of ether oxygens (including phenoxy) is 1. The van der Waals surface area contributed by atoms with Gasteiger partial charge in [-0.25, -0.2) is 4.98 Å². The average molecular weight is 273 g/mol. The lowest BCUT2D eigenvalue weighted by atomic mass is 10.00. The van der Waals surface area contributed by atoms with Gasteiger partial charge in [0.25, 0.3) is 0 Å². The van der Waals surface area contributed by atoms with E-state index in [2.05, 4.69) is 47.0 Å². The van der Waals surface area contributed by atoms with Crippen molar-refractivity contribution in [1.29, 1.82) is 0 Å². The van der Waals surface area contributed by atoms with Gasteiger partial charge in [-0.2, -0.15) is 0 Å². The maximum absolute atomic E-state index is 5.73. The molecule has 0 aliphatic carbocycles. The van der Waals surface area contributed by atoms with E-state index in [9.17, 15) is 0 Å². The highest BCUT2D eigenvalue weighted by molar-refractivity contribution is 5.75. The zero-order chi connectivity index (χ0) is 13.9. The average Bonchev–Trinajstić information content (AvgIpc) is 3.05. The van der Waals surface area contributed by atoms with E-state index >= 15 is 0 Å². The van der Waals surface area contributed by atoms with Crippen LogP contribution in [0, 0.1) is 5.92 Å². The number of aromatic nitrogens is 2. The van der Waals surface area contributed by atoms with Crippen LogP contribution in [0.5, 0.6) is 0 Å². The van der Waals surface area contributed by atoms with Crippen LogP contribution in [-0.4, -0.2) is 28.8 Å². The molecule has 2 aromatic rings. The van der Waals surface area contributed by atoms with Crippen LogP contribution in [0.3, 0.4) is 0 Å². The predicted molar refractivity (Wildman–Crippen MR) is 80.6 cm³/mol. The minimum atomic E-state index is 0.433. The van der Waals surface area contributed by atoms with Gasteiger partial charge in [0.1, 0.15) is 5.82 Å². The Morgan fingerprint density at radius 1 is 1.40 bits per heavy atom. The Kier molecular flexibility index (Phi) is 4.03. The molecule has 1 aliphatic heterocycles. The maximum Gasteiger partial charge on any atom is 0.123 e. The van der Waals surface area contributed by atoms with Crippen LogP contribution < -0.4 is 5.32 Å². The van der Waals surface area contributed by atoms with Gasteiger partial charge in [0, 0.05) is 20.2 Å². The summed E-state index contributed by atoms with van der Waals surface area (Å²) in [5.41, 5.74) is 2.27. The second-order valence-corrected chi connectivity index (χ2v) is 5.57. The summed E-state index contributed by atoms with van der Waals surface area (Å²) in [6, 6.07) is 8.28. The summed E-state index contributed by atoms with van der Waals surface area (Å²) < 4.78 is 7.90. The Balaban J connectivity index is 1.61. The van der Waals surface area contributed by atoms with E-state index < -0.39 is 0 Å². The molecule has 3 rings (SSSR count). The van der Waals surface area contributed by atoms with E-state index in [0.29, 0.717) is 12.0 Å². The number of fused-ring (bicyclic) bond motifs is 1. The summed E-state index contributed by atoms with van der Waals surface area (Å²) in [6.07, 6.45) is 2.72. The minimum absolute atomic E-state index is 0.433. The summed E-state index contributed by atoms with van der Waals surface area (Å²) in [6.45, 7) is 4.95. The quantitative estimate of drug-likeness (QED) is 0.909. The summed E-state index contributed by atoms with van der Waals surface area (Å²) in [5.74, 6) is 1.74. The number of rotatable bonds is 5. The second kappa shape index (κ2) is 5.94. The number of hydrogen-bond donors (Lipinski definition) is 1. The van der Waals surface area contributed by atoms with Crippen molar-refractivity contribution >= 4 is 11.0 Å². The Labute approximate surface area is 120 Å². The van der Waals surface area contributed by atoms with E-state index in [1.54, 1.807) is 0 Å². The van der Waals surface area contributed by atoms with Crippen LogP contribution in [0.2, 0.25) is 0 Å². The molecule has 20 heavy (non-hydrogen) atoms. The number of nitrogens with one attached hydrogen (secondary N) is 1. The molecule has 1 aliphatic rings. The first-order chi connectivity index (χ1) is 9.79. The lowest BCUT2D eigenvalue weighted by molar-refractivity contribution is 0.0872. The first kappa shape index (κ1) is 13.6. The van der Waals surface area contributed by atoms with Crippen LogP contribution in [0.4, 0.5) is 0 Å². The highest BCUT2D eigenvalue weighted by atomic mass is 16.5. The minimum Gasteiger partial charge on any atom is -0.378 e. The van der Waals surface area contributed by atoms with Gasteiger partial charge in [0.2, 0.25) is 0 Å². The Hall–Kier alpha value is -1.39. The first-order valence-electron chi connectivity index (χ1n) is 7.52. The summed E-state index contributed by atoms with van der Waals surface area (Å²) in [7, 11) is 2.08. The fourth-order valence-corrected chi connectivity index (χ4v) is 3.10. The third-order valence-electron chi connectivity index (χ3n) is 4.32. The predicted octanol–water partition coefficient (Wildman–Crippen LogP) is 2.48. The van der Waals surface area contributed by atoms with Gasteiger partial charge in [-0.1, -0.05) is 19.1 Å². The summed E-state index contributed by atoms with van der Waals surface area (Å²) >= 11 is 0. The number of nitrogens with zero attached hydrogens (tertiary/aromatic N) is 2. The third-order valence-corrected chi connectivity index (χ3v) is 4.32. The van der Waals surface area contributed by atoms with Crippen molar-refractivity contribution in [2.24, 2.45) is 13.0 Å². The zero-order valence-corrected chi connectivity index (χ0v) is 12.3. The molecular weight excluding hydrogens is 250 g/mol. The van der Waals surface area contributed by atoms with Gasteiger partial charge in [-0.05, 0) is 30.9 Å². The highest BCUT2D eigenvalue weighted by Gasteiger charge is 2.26. The summed E-state index contributed by atoms with van der Waals surface area (Å²) in [5, 5.41) is 3.55. The number of para-hydroxylation sites is 2. The fraction of sp³-hybridized carbons (Fsp3) is 0.562. The van der Waals surface area contributed by atoms with Crippen molar-refractivity contribution in [3.63, 3.8) is 0 Å². The van der Waals surface area contributed by atoms with Crippen molar-refractivity contribution in [1.82, 2.24) is 14.9 Å². The Bertz CT molecular complexity index is 578. The standard InChI is InChI=1S/C16H23N3O/c1-3-15-12(8-9-20-15)10-17-11-16-18-13-6-4-5-7-14(13)19(16)2/h4-7,12,15,17H,3,8-11H2,1-2H3. The topological polar surface area (TPSA) is 39.1 Å². The molecule has 0 radical (unpaired) electrons. The van der Waals surface area contributed by atoms with E-state index in [1.165, 1.54) is 11.9 Å². The van der Waals surface area contributed by atoms with Gasteiger partial charge >= 0.3 is 0 Å². The number of benzene rings is 1. The molecular formula is C16H23N3O. The second-order valence-electron chi connectivity index (χ2n) is 5.57. The normalized spacial score (nSPS) is 22.7. The van der Waals surface area contributed by atoms with Gasteiger partial charge in [-0.3, -0.25) is 0 Å². The molecule has 108 valence electrons. The molecule has 4 heteroatoms. The van der Waals surface area contributed by atoms with Gasteiger partial charge in [0.05, 0.1) is 23.7 Å². The van der Waals surface area contributed by atoms with Crippen LogP contribution in [0.25, 0.3) is 11.0 Å². The van der Waals surface area contributed by atoms with Crippen molar-refractivity contribution < 1.29 is 4.74 Å². The Morgan fingerprint density at radius 3 is 3.05 bits per heavy atom. The molecule has 1 fully saturated rings. The zero-order valence-electron chi connectivity index (χ0n) is 12.3. The van der Waals surface area contributed by atoms with Crippen LogP contribution >= 0.6 is 0 Å². The largest absolute Gasteiger partial charge is 0.378 e. The van der Waals surface area contributed by atoms with Crippen LogP contribution in [0.1, 0.15) is 25.6 Å². The van der Waals surface area contributed by atoms with Crippen molar-refractivity contribution in [2.45, 2.75) is 32.4 Å². The summed E-state index contributed by atoms with van der Waals surface area (Å²) in [4.78, 5) is 4.68. The molecule has 2 unspecified atom stereocenters. The van der Waals surface area contributed by atoms with E-state index in [4.69, 9.17) is 4.74 Å². The molecule has 0 bridgehead atoms. The molecule has 0 amide bonds. The molecule has 1 N–H and O–H groups in total. The smallest absolute Gasteiger partial charge is 0.123 e. The lowest BCUT2D eigenvalue weighted by Gasteiger charge is -2.17. The lowest BCUT2D eigenvalue weighted by Crippen LogP contribution is -2.28. The van der Waals surface area contributed by atoms with E-state index in [-0.39, 0.29) is 0 Å². The fourth-order valence-electron chi connectivity index (χ4n) is 3.10. The van der Waals surface area contributed by atoms with Gasteiger partial charge in [0.15, 0.2) is 0 Å². The first-order valence-corrected chi connectivity index (χ1v) is 7.52. The molecule has 0 spiro atoms. The molecule has 2 atom stereocenters. The van der Waals surface area contributed by atoms with Gasteiger partial charge < -0.3 is 14.6 Å². The molecule has 1 aromatic heterocycles. The number of imidazole rings is 1. The number of aryl methyl sites for hydroxylation is 1. The molecule has 1 aromatic carbocycles. The SMILES string of the molecule is CCC1OCCC1CNCc1nc2ccccc2n1C. The highest BCUT2D eigenvalue weighted by Crippen LogP contribution is 2.22.